The van der Waals surface area contributed by atoms with Gasteiger partial charge in [-0.2, -0.15) is 17.4 Å². The molecule has 0 bridgehead atoms. The van der Waals surface area contributed by atoms with Crippen LogP contribution in [0.4, 0.5) is 0 Å². The molecule has 0 aliphatic rings. The molecule has 0 fully saturated rings. The lowest BCUT2D eigenvalue weighted by molar-refractivity contribution is 0.439. The lowest BCUT2D eigenvalue weighted by atomic mass is 10.2. The van der Waals surface area contributed by atoms with Crippen molar-refractivity contribution in [1.29, 1.82) is 0 Å². The van der Waals surface area contributed by atoms with Crippen molar-refractivity contribution >= 4 is 21.1 Å². The first kappa shape index (κ1) is 16.7. The molecule has 6 heteroatoms. The highest BCUT2D eigenvalue weighted by molar-refractivity contribution is 7.87. The zero-order valence-electron chi connectivity index (χ0n) is 13.6. The van der Waals surface area contributed by atoms with Crippen LogP contribution in [0, 0.1) is 0 Å². The van der Waals surface area contributed by atoms with Crippen LogP contribution in [0.2, 0.25) is 0 Å². The average Bonchev–Trinajstić information content (AvgIpc) is 3.02. The largest absolute Gasteiger partial charge is 0.346 e. The summed E-state index contributed by atoms with van der Waals surface area (Å²) in [6.07, 6.45) is 1.99. The van der Waals surface area contributed by atoms with E-state index in [-0.39, 0.29) is 0 Å². The van der Waals surface area contributed by atoms with Crippen LogP contribution in [0.15, 0.2) is 66.9 Å². The van der Waals surface area contributed by atoms with Gasteiger partial charge in [-0.1, -0.05) is 48.5 Å². The Labute approximate surface area is 142 Å². The zero-order valence-corrected chi connectivity index (χ0v) is 14.4. The summed E-state index contributed by atoms with van der Waals surface area (Å²) in [5.41, 5.74) is 2.05. The molecule has 5 nitrogen and oxygen atoms in total. The molecule has 0 radical (unpaired) electrons. The molecule has 0 aliphatic carbocycles. The number of hydrogen-bond donors (Lipinski definition) is 1. The molecule has 24 heavy (non-hydrogen) atoms. The predicted molar refractivity (Wildman–Crippen MR) is 96.8 cm³/mol. The van der Waals surface area contributed by atoms with Crippen molar-refractivity contribution in [3.63, 3.8) is 0 Å². The van der Waals surface area contributed by atoms with Crippen molar-refractivity contribution in [2.45, 2.75) is 13.1 Å². The number of benzene rings is 2. The van der Waals surface area contributed by atoms with Gasteiger partial charge in [0, 0.05) is 38.4 Å². The Balaban J connectivity index is 1.60. The number of likely N-dealkylation sites (N-methyl/N-ethyl adjacent to an activating group) is 1. The molecular formula is C18H21N3O2S. The number of para-hydroxylation sites is 1. The smallest absolute Gasteiger partial charge is 0.279 e. The fraction of sp³-hybridized carbons (Fsp3) is 0.222. The highest BCUT2D eigenvalue weighted by atomic mass is 32.2. The quantitative estimate of drug-likeness (QED) is 0.717. The molecule has 0 aliphatic heterocycles. The van der Waals surface area contributed by atoms with Gasteiger partial charge in [0.05, 0.1) is 0 Å². The van der Waals surface area contributed by atoms with Gasteiger partial charge in [-0.15, -0.1) is 0 Å². The van der Waals surface area contributed by atoms with Gasteiger partial charge in [-0.05, 0) is 23.1 Å². The van der Waals surface area contributed by atoms with Crippen molar-refractivity contribution in [3.8, 4) is 0 Å². The van der Waals surface area contributed by atoms with Crippen molar-refractivity contribution in [2.75, 3.05) is 13.6 Å². The second-order valence-electron chi connectivity index (χ2n) is 5.70. The zero-order chi connectivity index (χ0) is 17.0. The summed E-state index contributed by atoms with van der Waals surface area (Å²) in [6, 6.07) is 19.6. The van der Waals surface area contributed by atoms with E-state index >= 15 is 0 Å². The molecule has 3 aromatic rings. The second kappa shape index (κ2) is 7.17. The summed E-state index contributed by atoms with van der Waals surface area (Å²) in [4.78, 5) is 0. The monoisotopic (exact) mass is 343 g/mol. The Kier molecular flexibility index (Phi) is 4.99. The third-order valence-corrected chi connectivity index (χ3v) is 5.56. The number of hydrogen-bond acceptors (Lipinski definition) is 2. The summed E-state index contributed by atoms with van der Waals surface area (Å²) < 4.78 is 30.7. The maximum absolute atomic E-state index is 12.3. The third-order valence-electron chi connectivity index (χ3n) is 4.05. The van der Waals surface area contributed by atoms with Gasteiger partial charge in [-0.25, -0.2) is 0 Å². The van der Waals surface area contributed by atoms with Crippen LogP contribution >= 0.6 is 0 Å². The maximum Gasteiger partial charge on any atom is 0.279 e. The summed E-state index contributed by atoms with van der Waals surface area (Å²) in [6.45, 7) is 1.30. The van der Waals surface area contributed by atoms with Gasteiger partial charge in [-0.3, -0.25) is 0 Å². The Morgan fingerprint density at radius 3 is 2.50 bits per heavy atom. The molecule has 126 valence electrons. The van der Waals surface area contributed by atoms with E-state index < -0.39 is 10.2 Å². The SMILES string of the molecule is CN(CCn1ccc2ccccc21)S(=O)(=O)NCc1ccccc1. The highest BCUT2D eigenvalue weighted by Gasteiger charge is 2.17. The van der Waals surface area contributed by atoms with Gasteiger partial charge in [0.2, 0.25) is 0 Å². The first-order valence-electron chi connectivity index (χ1n) is 7.85. The summed E-state index contributed by atoms with van der Waals surface area (Å²) >= 11 is 0. The van der Waals surface area contributed by atoms with Crippen LogP contribution in [0.25, 0.3) is 10.9 Å². The molecule has 0 unspecified atom stereocenters. The van der Waals surface area contributed by atoms with E-state index in [0.29, 0.717) is 19.6 Å². The van der Waals surface area contributed by atoms with Gasteiger partial charge < -0.3 is 4.57 Å². The van der Waals surface area contributed by atoms with E-state index in [1.807, 2.05) is 66.9 Å². The molecule has 0 atom stereocenters. The molecule has 3 rings (SSSR count). The molecule has 0 saturated carbocycles. The lowest BCUT2D eigenvalue weighted by Gasteiger charge is -2.18. The molecule has 0 saturated heterocycles. The first-order valence-corrected chi connectivity index (χ1v) is 9.29. The van der Waals surface area contributed by atoms with Gasteiger partial charge >= 0.3 is 0 Å². The van der Waals surface area contributed by atoms with Gasteiger partial charge in [0.1, 0.15) is 0 Å². The fourth-order valence-corrected chi connectivity index (χ4v) is 3.48. The van der Waals surface area contributed by atoms with Crippen LogP contribution in [0.1, 0.15) is 5.56 Å². The van der Waals surface area contributed by atoms with Gasteiger partial charge in [0.25, 0.3) is 10.2 Å². The Morgan fingerprint density at radius 1 is 1.00 bits per heavy atom. The van der Waals surface area contributed by atoms with Crippen molar-refractivity contribution < 1.29 is 8.42 Å². The van der Waals surface area contributed by atoms with Gasteiger partial charge in [0.15, 0.2) is 0 Å². The summed E-state index contributed by atoms with van der Waals surface area (Å²) in [5.74, 6) is 0. The number of aromatic nitrogens is 1. The first-order chi connectivity index (χ1) is 11.6. The number of nitrogens with zero attached hydrogens (tertiary/aromatic N) is 2. The molecule has 2 aromatic carbocycles. The van der Waals surface area contributed by atoms with E-state index in [1.165, 1.54) is 4.31 Å². The normalized spacial score (nSPS) is 12.1. The van der Waals surface area contributed by atoms with Crippen molar-refractivity contribution in [2.24, 2.45) is 0 Å². The lowest BCUT2D eigenvalue weighted by Crippen LogP contribution is -2.39. The number of rotatable bonds is 7. The minimum absolute atomic E-state index is 0.292. The minimum atomic E-state index is -3.49. The van der Waals surface area contributed by atoms with E-state index in [1.54, 1.807) is 7.05 Å². The summed E-state index contributed by atoms with van der Waals surface area (Å²) in [5, 5.41) is 1.16. The number of nitrogens with one attached hydrogen (secondary N) is 1. The average molecular weight is 343 g/mol. The van der Waals surface area contributed by atoms with Crippen LogP contribution in [0.5, 0.6) is 0 Å². The third kappa shape index (κ3) is 3.84. The molecule has 0 spiro atoms. The van der Waals surface area contributed by atoms with Crippen molar-refractivity contribution in [1.82, 2.24) is 13.6 Å². The molecule has 1 heterocycles. The minimum Gasteiger partial charge on any atom is -0.346 e. The van der Waals surface area contributed by atoms with Crippen LogP contribution in [-0.4, -0.2) is 30.9 Å². The molecular weight excluding hydrogens is 322 g/mol. The van der Waals surface area contributed by atoms with Crippen molar-refractivity contribution in [3.05, 3.63) is 72.4 Å². The van der Waals surface area contributed by atoms with Crippen LogP contribution in [-0.2, 0) is 23.3 Å². The Bertz CT molecular complexity index is 904. The Morgan fingerprint density at radius 2 is 1.71 bits per heavy atom. The Hall–Kier alpha value is -2.15. The molecule has 1 N–H and O–H groups in total. The van der Waals surface area contributed by atoms with E-state index in [0.717, 1.165) is 16.5 Å². The van der Waals surface area contributed by atoms with E-state index in [9.17, 15) is 8.42 Å². The topological polar surface area (TPSA) is 54.3 Å². The van der Waals surface area contributed by atoms with E-state index in [4.69, 9.17) is 0 Å². The summed E-state index contributed by atoms with van der Waals surface area (Å²) in [7, 11) is -1.90. The predicted octanol–water partition coefficient (Wildman–Crippen LogP) is 2.61. The van der Waals surface area contributed by atoms with E-state index in [2.05, 4.69) is 9.29 Å². The van der Waals surface area contributed by atoms with Crippen LogP contribution in [0.3, 0.4) is 0 Å². The standard InChI is InChI=1S/C18H21N3O2S/c1-20(24(22,23)19-15-16-7-3-2-4-8-16)13-14-21-12-11-17-9-5-6-10-18(17)21/h2-12,19H,13-15H2,1H3. The van der Waals surface area contributed by atoms with Crippen LogP contribution < -0.4 is 4.72 Å². The second-order valence-corrected chi connectivity index (χ2v) is 7.56. The fourth-order valence-electron chi connectivity index (χ4n) is 2.58. The maximum atomic E-state index is 12.3. The number of fused-ring (bicyclic) bond motifs is 1. The molecule has 1 aromatic heterocycles. The molecule has 0 amide bonds. The highest BCUT2D eigenvalue weighted by Crippen LogP contribution is 2.15.